The van der Waals surface area contributed by atoms with Crippen LogP contribution in [0.4, 0.5) is 0 Å². The molecule has 0 fully saturated rings. The third-order valence-corrected chi connectivity index (χ3v) is 6.45. The van der Waals surface area contributed by atoms with Crippen molar-refractivity contribution in [1.82, 2.24) is 5.32 Å². The zero-order chi connectivity index (χ0) is 24.5. The summed E-state index contributed by atoms with van der Waals surface area (Å²) in [7, 11) is 0. The summed E-state index contributed by atoms with van der Waals surface area (Å²) in [6, 6.07) is 23.3. The minimum Gasteiger partial charge on any atom is -0.489 e. The summed E-state index contributed by atoms with van der Waals surface area (Å²) in [6.07, 6.45) is 0. The number of para-hydroxylation sites is 1. The van der Waals surface area contributed by atoms with Crippen molar-refractivity contribution in [3.8, 4) is 5.75 Å². The lowest BCUT2D eigenvalue weighted by molar-refractivity contribution is -0.138. The van der Waals surface area contributed by atoms with E-state index < -0.39 is 11.9 Å². The Hall–Kier alpha value is -4.12. The zero-order valence-electron chi connectivity index (χ0n) is 20.1. The Bertz CT molecular complexity index is 1400. The molecule has 1 aliphatic carbocycles. The smallest absolute Gasteiger partial charge is 0.336 e. The molecular formula is C30H27NO4. The number of benzene rings is 3. The molecule has 0 radical (unpaired) electrons. The molecule has 1 aliphatic heterocycles. The van der Waals surface area contributed by atoms with E-state index in [0.29, 0.717) is 34.8 Å². The number of carbonyl (C=O) groups is 2. The second-order valence-electron chi connectivity index (χ2n) is 8.80. The zero-order valence-corrected chi connectivity index (χ0v) is 20.1. The van der Waals surface area contributed by atoms with Gasteiger partial charge in [-0.15, -0.1) is 0 Å². The number of carbonyl (C=O) groups excluding carboxylic acids is 2. The highest BCUT2D eigenvalue weighted by atomic mass is 16.5. The predicted octanol–water partition coefficient (Wildman–Crippen LogP) is 5.71. The number of fused-ring (bicyclic) bond motifs is 2. The molecule has 0 unspecified atom stereocenters. The van der Waals surface area contributed by atoms with Crippen LogP contribution in [0.2, 0.25) is 0 Å². The molecule has 1 heterocycles. The highest BCUT2D eigenvalue weighted by Crippen LogP contribution is 2.48. The Kier molecular flexibility index (Phi) is 6.00. The van der Waals surface area contributed by atoms with Gasteiger partial charge in [-0.2, -0.15) is 0 Å². The molecule has 0 aromatic heterocycles. The van der Waals surface area contributed by atoms with Gasteiger partial charge in [0.1, 0.15) is 12.4 Å². The average Bonchev–Trinajstić information content (AvgIpc) is 3.14. The Labute approximate surface area is 205 Å². The van der Waals surface area contributed by atoms with E-state index in [1.165, 1.54) is 0 Å². The Morgan fingerprint density at radius 2 is 1.69 bits per heavy atom. The first kappa shape index (κ1) is 22.7. The fraction of sp³-hybridized carbons (Fsp3) is 0.200. The van der Waals surface area contributed by atoms with Gasteiger partial charge < -0.3 is 14.8 Å². The lowest BCUT2D eigenvalue weighted by Gasteiger charge is -2.30. The van der Waals surface area contributed by atoms with E-state index in [4.69, 9.17) is 9.47 Å². The first-order valence-corrected chi connectivity index (χ1v) is 11.8. The van der Waals surface area contributed by atoms with Crippen LogP contribution in [0.1, 0.15) is 52.4 Å². The molecule has 3 aromatic carbocycles. The molecule has 2 aliphatic rings. The first-order valence-electron chi connectivity index (χ1n) is 11.8. The number of allylic oxidation sites excluding steroid dienone is 2. The maximum Gasteiger partial charge on any atom is 0.336 e. The number of Topliss-reactive ketones (excluding diaryl/α,β-unsaturated/α-hetero) is 1. The Morgan fingerprint density at radius 3 is 2.46 bits per heavy atom. The van der Waals surface area contributed by atoms with E-state index in [-0.39, 0.29) is 12.4 Å². The maximum atomic E-state index is 13.7. The third-order valence-electron chi connectivity index (χ3n) is 6.45. The van der Waals surface area contributed by atoms with Crippen LogP contribution in [0.15, 0.2) is 89.6 Å². The van der Waals surface area contributed by atoms with Gasteiger partial charge in [0.25, 0.3) is 0 Å². The van der Waals surface area contributed by atoms with Gasteiger partial charge in [-0.25, -0.2) is 4.79 Å². The molecule has 176 valence electrons. The fourth-order valence-corrected chi connectivity index (χ4v) is 4.93. The minimum atomic E-state index is -0.612. The number of ketones is 1. The van der Waals surface area contributed by atoms with E-state index in [2.05, 4.69) is 11.4 Å². The summed E-state index contributed by atoms with van der Waals surface area (Å²) in [5, 5.41) is 3.33. The van der Waals surface area contributed by atoms with E-state index in [9.17, 15) is 9.59 Å². The summed E-state index contributed by atoms with van der Waals surface area (Å²) < 4.78 is 11.7. The molecule has 5 nitrogen and oxygen atoms in total. The number of esters is 1. The second kappa shape index (κ2) is 9.26. The van der Waals surface area contributed by atoms with Crippen molar-refractivity contribution < 1.29 is 19.1 Å². The maximum absolute atomic E-state index is 13.7. The van der Waals surface area contributed by atoms with Crippen molar-refractivity contribution in [2.75, 3.05) is 6.61 Å². The van der Waals surface area contributed by atoms with Crippen LogP contribution in [0, 0.1) is 6.92 Å². The molecule has 3 aromatic rings. The van der Waals surface area contributed by atoms with Crippen LogP contribution >= 0.6 is 0 Å². The van der Waals surface area contributed by atoms with Gasteiger partial charge >= 0.3 is 5.97 Å². The molecule has 5 heteroatoms. The molecule has 1 atom stereocenters. The number of aryl methyl sites for hydroxylation is 1. The fourth-order valence-electron chi connectivity index (χ4n) is 4.93. The number of hydrogen-bond donors (Lipinski definition) is 1. The normalized spacial score (nSPS) is 16.5. The van der Waals surface area contributed by atoms with Gasteiger partial charge in [0.05, 0.1) is 23.8 Å². The molecule has 0 saturated carbocycles. The molecule has 0 bridgehead atoms. The Balaban J connectivity index is 1.62. The lowest BCUT2D eigenvalue weighted by Crippen LogP contribution is -2.29. The van der Waals surface area contributed by atoms with E-state index in [0.717, 1.165) is 28.0 Å². The summed E-state index contributed by atoms with van der Waals surface area (Å²) in [5.41, 5.74) is 6.84. The summed E-state index contributed by atoms with van der Waals surface area (Å²) in [5.74, 6) is -0.507. The van der Waals surface area contributed by atoms with E-state index in [1.54, 1.807) is 6.92 Å². The molecule has 0 saturated heterocycles. The van der Waals surface area contributed by atoms with Crippen molar-refractivity contribution in [3.05, 3.63) is 117 Å². The van der Waals surface area contributed by atoms with Crippen LogP contribution in [0.3, 0.4) is 0 Å². The average molecular weight is 466 g/mol. The molecule has 35 heavy (non-hydrogen) atoms. The lowest BCUT2D eigenvalue weighted by atomic mass is 9.79. The van der Waals surface area contributed by atoms with Gasteiger partial charge in [0, 0.05) is 28.0 Å². The molecule has 0 amide bonds. The second-order valence-corrected chi connectivity index (χ2v) is 8.80. The third kappa shape index (κ3) is 4.03. The SMILES string of the molecule is CCOC(=O)C1=C(C)NC2=C(C(=O)c3ccccc32)[C@H]1c1ccccc1OCc1cccc(C)c1. The van der Waals surface area contributed by atoms with Gasteiger partial charge in [-0.05, 0) is 32.4 Å². The predicted molar refractivity (Wildman–Crippen MR) is 135 cm³/mol. The number of nitrogens with one attached hydrogen (secondary N) is 1. The minimum absolute atomic E-state index is 0.0871. The summed E-state index contributed by atoms with van der Waals surface area (Å²) in [4.78, 5) is 26.9. The van der Waals surface area contributed by atoms with Crippen LogP contribution in [-0.4, -0.2) is 18.4 Å². The van der Waals surface area contributed by atoms with Crippen LogP contribution in [0.25, 0.3) is 5.70 Å². The largest absolute Gasteiger partial charge is 0.489 e. The number of hydrogen-bond acceptors (Lipinski definition) is 5. The van der Waals surface area contributed by atoms with Gasteiger partial charge in [-0.1, -0.05) is 72.3 Å². The van der Waals surface area contributed by atoms with Crippen LogP contribution in [0.5, 0.6) is 5.75 Å². The quantitative estimate of drug-likeness (QED) is 0.473. The summed E-state index contributed by atoms with van der Waals surface area (Å²) in [6.45, 7) is 6.29. The first-order chi connectivity index (χ1) is 17.0. The van der Waals surface area contributed by atoms with E-state index >= 15 is 0 Å². The molecule has 5 rings (SSSR count). The summed E-state index contributed by atoms with van der Waals surface area (Å²) >= 11 is 0. The van der Waals surface area contributed by atoms with Crippen molar-refractivity contribution in [1.29, 1.82) is 0 Å². The topological polar surface area (TPSA) is 64.6 Å². The number of rotatable bonds is 6. The van der Waals surface area contributed by atoms with Crippen LogP contribution in [-0.2, 0) is 16.1 Å². The van der Waals surface area contributed by atoms with Crippen molar-refractivity contribution >= 4 is 17.4 Å². The van der Waals surface area contributed by atoms with Crippen molar-refractivity contribution in [2.24, 2.45) is 0 Å². The number of dihydropyridines is 1. The Morgan fingerprint density at radius 1 is 0.943 bits per heavy atom. The molecule has 0 spiro atoms. The van der Waals surface area contributed by atoms with Crippen molar-refractivity contribution in [2.45, 2.75) is 33.3 Å². The van der Waals surface area contributed by atoms with Gasteiger partial charge in [0.15, 0.2) is 5.78 Å². The van der Waals surface area contributed by atoms with Crippen LogP contribution < -0.4 is 10.1 Å². The van der Waals surface area contributed by atoms with Gasteiger partial charge in [-0.3, -0.25) is 4.79 Å². The highest BCUT2D eigenvalue weighted by Gasteiger charge is 2.43. The standard InChI is InChI=1S/C30H27NO4/c1-4-34-30(33)25-19(3)31-28-21-12-5-6-13-22(21)29(32)27(28)26(25)23-14-7-8-15-24(23)35-17-20-11-9-10-18(2)16-20/h5-16,26,31H,4,17H2,1-3H3/t26-/m0/s1. The van der Waals surface area contributed by atoms with Gasteiger partial charge in [0.2, 0.25) is 0 Å². The van der Waals surface area contributed by atoms with Crippen molar-refractivity contribution in [3.63, 3.8) is 0 Å². The molecule has 1 N–H and O–H groups in total. The van der Waals surface area contributed by atoms with E-state index in [1.807, 2.05) is 80.6 Å². The molecular weight excluding hydrogens is 438 g/mol. The number of ether oxygens (including phenoxy) is 2. The highest BCUT2D eigenvalue weighted by molar-refractivity contribution is 6.23. The monoisotopic (exact) mass is 465 g/mol.